The van der Waals surface area contributed by atoms with E-state index in [1.807, 2.05) is 60.7 Å². The molecular formula is C54H66N8O10. The molecule has 72 heavy (non-hydrogen) atoms. The minimum Gasteiger partial charge on any atom is -0.445 e. The van der Waals surface area contributed by atoms with Gasteiger partial charge in [-0.2, -0.15) is 0 Å². The fraction of sp³-hybridized carbons (Fsp3) is 0.370. The number of fused-ring (bicyclic) bond motifs is 2. The number of carbonyl (C=O) groups is 6. The number of rotatable bonds is 23. The van der Waals surface area contributed by atoms with Gasteiger partial charge < -0.3 is 61.6 Å². The second-order valence-electron chi connectivity index (χ2n) is 18.7. The van der Waals surface area contributed by atoms with Crippen molar-refractivity contribution in [3.63, 3.8) is 0 Å². The van der Waals surface area contributed by atoms with Gasteiger partial charge in [-0.15, -0.1) is 0 Å². The molecule has 8 atom stereocenters. The predicted octanol–water partition coefficient (Wildman–Crippen LogP) is 5.04. The molecule has 10 N–H and O–H groups in total. The molecule has 0 bridgehead atoms. The number of hydrogen-bond donors (Lipinski definition) is 10. The molecule has 0 radical (unpaired) electrons. The van der Waals surface area contributed by atoms with Gasteiger partial charge in [0.05, 0.1) is 12.1 Å². The van der Waals surface area contributed by atoms with E-state index in [2.05, 4.69) is 41.9 Å². The van der Waals surface area contributed by atoms with E-state index < -0.39 is 96.1 Å². The van der Waals surface area contributed by atoms with Crippen LogP contribution in [-0.2, 0) is 54.7 Å². The van der Waals surface area contributed by atoms with Crippen LogP contribution in [0.3, 0.4) is 0 Å². The van der Waals surface area contributed by atoms with Crippen molar-refractivity contribution in [3.8, 4) is 0 Å². The molecule has 18 heteroatoms. The third-order valence-corrected chi connectivity index (χ3v) is 12.4. The average molecular weight is 987 g/mol. The number of carbonyl (C=O) groups excluding carboxylic acids is 6. The van der Waals surface area contributed by atoms with E-state index in [9.17, 15) is 39.0 Å². The lowest BCUT2D eigenvalue weighted by molar-refractivity contribution is -0.133. The molecule has 2 heterocycles. The Morgan fingerprint density at radius 2 is 0.806 bits per heavy atom. The zero-order valence-electron chi connectivity index (χ0n) is 41.3. The van der Waals surface area contributed by atoms with E-state index in [1.165, 1.54) is 13.8 Å². The molecule has 6 amide bonds. The van der Waals surface area contributed by atoms with E-state index in [0.717, 1.165) is 32.9 Å². The van der Waals surface area contributed by atoms with Crippen LogP contribution in [0.2, 0.25) is 0 Å². The number of nitrogens with one attached hydrogen (secondary N) is 8. The molecule has 0 spiro atoms. The molecule has 2 aromatic heterocycles. The molecular weight excluding hydrogens is 921 g/mol. The molecule has 4 aromatic carbocycles. The lowest BCUT2D eigenvalue weighted by Crippen LogP contribution is -2.62. The Hall–Kier alpha value is -7.70. The SMILES string of the molecule is CC(NC(=O)OCc1ccccc1)C(=O)NC(C(=O)N[C@@H](Cc1c[nH]c2ccccc12)[C@@H](O)[C@H](O)[C@H](Cc1c[nH]c2ccccc12)NC(=O)C(NC(=O)C(C)NC(=O)OCc1ccccc1)C(C)C)C(C)C. The summed E-state index contributed by atoms with van der Waals surface area (Å²) in [6, 6.07) is 26.0. The zero-order chi connectivity index (χ0) is 51.9. The maximum atomic E-state index is 14.4. The molecule has 382 valence electrons. The van der Waals surface area contributed by atoms with Gasteiger partial charge in [-0.05, 0) is 72.9 Å². The van der Waals surface area contributed by atoms with Crippen molar-refractivity contribution in [1.82, 2.24) is 41.9 Å². The monoisotopic (exact) mass is 986 g/mol. The third-order valence-electron chi connectivity index (χ3n) is 12.4. The number of aliphatic hydroxyl groups excluding tert-OH is 2. The molecule has 0 saturated heterocycles. The predicted molar refractivity (Wildman–Crippen MR) is 272 cm³/mol. The number of hydrogen-bond acceptors (Lipinski definition) is 10. The van der Waals surface area contributed by atoms with Crippen LogP contribution in [0.1, 0.15) is 63.8 Å². The number of amides is 6. The minimum atomic E-state index is -1.75. The normalized spacial score (nSPS) is 14.8. The molecule has 4 unspecified atom stereocenters. The Morgan fingerprint density at radius 1 is 0.458 bits per heavy atom. The quantitative estimate of drug-likeness (QED) is 0.0409. The van der Waals surface area contributed by atoms with Crippen LogP contribution in [0.15, 0.2) is 122 Å². The molecule has 6 rings (SSSR count). The molecule has 0 aliphatic carbocycles. The first-order chi connectivity index (χ1) is 34.5. The van der Waals surface area contributed by atoms with Crippen LogP contribution < -0.4 is 31.9 Å². The number of aliphatic hydroxyl groups is 2. The van der Waals surface area contributed by atoms with E-state index in [-0.39, 0.29) is 26.1 Å². The zero-order valence-corrected chi connectivity index (χ0v) is 41.3. The van der Waals surface area contributed by atoms with Crippen LogP contribution in [0.4, 0.5) is 9.59 Å². The largest absolute Gasteiger partial charge is 0.445 e. The summed E-state index contributed by atoms with van der Waals surface area (Å²) in [5, 5.41) is 42.7. The Labute approximate surface area is 418 Å². The van der Waals surface area contributed by atoms with Gasteiger partial charge in [0.2, 0.25) is 23.6 Å². The summed E-state index contributed by atoms with van der Waals surface area (Å²) in [7, 11) is 0. The van der Waals surface area contributed by atoms with Crippen LogP contribution >= 0.6 is 0 Å². The summed E-state index contributed by atoms with van der Waals surface area (Å²) in [5.41, 5.74) is 4.50. The average Bonchev–Trinajstić information content (AvgIpc) is 3.98. The number of ether oxygens (including phenoxy) is 2. The first-order valence-corrected chi connectivity index (χ1v) is 24.1. The Kier molecular flexibility index (Phi) is 18.9. The summed E-state index contributed by atoms with van der Waals surface area (Å²) in [6.45, 7) is 9.77. The Bertz CT molecular complexity index is 2570. The van der Waals surface area contributed by atoms with E-state index in [4.69, 9.17) is 9.47 Å². The topological polar surface area (TPSA) is 265 Å². The second-order valence-corrected chi connectivity index (χ2v) is 18.7. The van der Waals surface area contributed by atoms with Gasteiger partial charge in [0, 0.05) is 34.2 Å². The number of alkyl carbamates (subject to hydrolysis) is 2. The Morgan fingerprint density at radius 3 is 1.17 bits per heavy atom. The fourth-order valence-corrected chi connectivity index (χ4v) is 8.25. The summed E-state index contributed by atoms with van der Waals surface area (Å²) >= 11 is 0. The van der Waals surface area contributed by atoms with E-state index in [0.29, 0.717) is 11.1 Å². The first-order valence-electron chi connectivity index (χ1n) is 24.1. The molecule has 0 aliphatic heterocycles. The van der Waals surface area contributed by atoms with Gasteiger partial charge in [-0.1, -0.05) is 125 Å². The maximum Gasteiger partial charge on any atom is 0.408 e. The lowest BCUT2D eigenvalue weighted by atomic mass is 9.90. The molecule has 18 nitrogen and oxygen atoms in total. The number of aromatic nitrogens is 2. The van der Waals surface area contributed by atoms with Crippen molar-refractivity contribution in [2.45, 2.75) is 116 Å². The van der Waals surface area contributed by atoms with Gasteiger partial charge >= 0.3 is 12.2 Å². The first kappa shape index (κ1) is 53.6. The van der Waals surface area contributed by atoms with Crippen molar-refractivity contribution in [2.24, 2.45) is 11.8 Å². The highest BCUT2D eigenvalue weighted by molar-refractivity contribution is 5.93. The van der Waals surface area contributed by atoms with Crippen molar-refractivity contribution >= 4 is 57.6 Å². The fourth-order valence-electron chi connectivity index (χ4n) is 8.25. The van der Waals surface area contributed by atoms with E-state index in [1.54, 1.807) is 88.6 Å². The van der Waals surface area contributed by atoms with Crippen LogP contribution in [-0.4, -0.2) is 104 Å². The summed E-state index contributed by atoms with van der Waals surface area (Å²) in [6.07, 6.45) is -1.68. The number of aromatic amines is 2. The Balaban J connectivity index is 1.21. The molecule has 0 aliphatic rings. The van der Waals surface area contributed by atoms with Crippen molar-refractivity contribution in [1.29, 1.82) is 0 Å². The van der Waals surface area contributed by atoms with Crippen molar-refractivity contribution in [2.75, 3.05) is 0 Å². The van der Waals surface area contributed by atoms with E-state index >= 15 is 0 Å². The standard InChI is InChI=1S/C54H66N8O10/c1-31(2)45(61-49(65)33(5)57-53(69)71-29-35-17-9-7-10-18-35)51(67)59-43(25-37-27-55-41-23-15-13-21-39(37)41)47(63)48(64)44(26-38-28-56-42-24-16-14-22-40(38)42)60-52(68)46(32(3)4)62-50(66)34(6)58-54(70)72-30-36-19-11-8-12-20-36/h7-24,27-28,31-34,43-48,55-56,63-64H,25-26,29-30H2,1-6H3,(H,57,69)(H,58,70)(H,59,67)(H,60,68)(H,61,65)(H,62,66)/t33?,34?,43-,44-,45?,46?,47+,48+/m0/s1. The van der Waals surface area contributed by atoms with Gasteiger partial charge in [-0.3, -0.25) is 19.2 Å². The maximum absolute atomic E-state index is 14.4. The summed E-state index contributed by atoms with van der Waals surface area (Å²) in [4.78, 5) is 87.5. The smallest absolute Gasteiger partial charge is 0.408 e. The van der Waals surface area contributed by atoms with Crippen LogP contribution in [0.5, 0.6) is 0 Å². The number of H-pyrrole nitrogens is 2. The van der Waals surface area contributed by atoms with Crippen molar-refractivity contribution in [3.05, 3.63) is 144 Å². The minimum absolute atomic E-state index is 0.00491. The second kappa shape index (κ2) is 25.4. The number of para-hydroxylation sites is 2. The number of benzene rings is 4. The summed E-state index contributed by atoms with van der Waals surface area (Å²) in [5.74, 6) is -3.68. The highest BCUT2D eigenvalue weighted by Gasteiger charge is 2.39. The molecule has 6 aromatic rings. The molecule has 0 saturated carbocycles. The molecule has 0 fully saturated rings. The highest BCUT2D eigenvalue weighted by Crippen LogP contribution is 2.24. The van der Waals surface area contributed by atoms with Gasteiger partial charge in [-0.25, -0.2) is 9.59 Å². The third kappa shape index (κ3) is 14.7. The van der Waals surface area contributed by atoms with Gasteiger partial charge in [0.1, 0.15) is 49.6 Å². The van der Waals surface area contributed by atoms with Crippen LogP contribution in [0.25, 0.3) is 21.8 Å². The lowest BCUT2D eigenvalue weighted by Gasteiger charge is -2.35. The summed E-state index contributed by atoms with van der Waals surface area (Å²) < 4.78 is 10.6. The highest BCUT2D eigenvalue weighted by atomic mass is 16.6. The van der Waals surface area contributed by atoms with Crippen molar-refractivity contribution < 1.29 is 48.5 Å². The van der Waals surface area contributed by atoms with Gasteiger partial charge in [0.25, 0.3) is 0 Å². The van der Waals surface area contributed by atoms with Crippen LogP contribution in [0, 0.1) is 11.8 Å². The van der Waals surface area contributed by atoms with Gasteiger partial charge in [0.15, 0.2) is 0 Å².